The maximum absolute atomic E-state index is 13.1. The normalized spacial score (nSPS) is 10.8. The van der Waals surface area contributed by atoms with Crippen molar-refractivity contribution in [2.45, 2.75) is 26.2 Å². The number of rotatable bonds is 8. The maximum Gasteiger partial charge on any atom is 0.256 e. The van der Waals surface area contributed by atoms with Crippen LogP contribution in [0.1, 0.15) is 41.4 Å². The van der Waals surface area contributed by atoms with Crippen molar-refractivity contribution >= 4 is 17.3 Å². The highest BCUT2D eigenvalue weighted by Gasteiger charge is 2.13. The quantitative estimate of drug-likeness (QED) is 0.321. The minimum absolute atomic E-state index is 0.116. The number of carbonyl (C=O) groups is 1. The van der Waals surface area contributed by atoms with Crippen LogP contribution in [-0.4, -0.2) is 17.4 Å². The smallest absolute Gasteiger partial charge is 0.256 e. The van der Waals surface area contributed by atoms with Crippen LogP contribution < -0.4 is 10.6 Å². The van der Waals surface area contributed by atoms with E-state index in [2.05, 4.69) is 53.7 Å². The van der Waals surface area contributed by atoms with E-state index in [9.17, 15) is 4.79 Å². The Hall–Kier alpha value is -3.92. The lowest BCUT2D eigenvalue weighted by molar-refractivity contribution is 0.102. The van der Waals surface area contributed by atoms with Gasteiger partial charge in [-0.1, -0.05) is 62.4 Å². The van der Waals surface area contributed by atoms with Crippen LogP contribution in [0.4, 0.5) is 11.4 Å². The number of nitrogens with one attached hydrogen (secondary N) is 2. The minimum Gasteiger partial charge on any atom is -0.385 e. The van der Waals surface area contributed by atoms with E-state index in [1.54, 1.807) is 0 Å². The second kappa shape index (κ2) is 10.6. The van der Waals surface area contributed by atoms with Crippen LogP contribution in [0.3, 0.4) is 0 Å². The van der Waals surface area contributed by atoms with Gasteiger partial charge < -0.3 is 10.6 Å². The largest absolute Gasteiger partial charge is 0.385 e. The van der Waals surface area contributed by atoms with E-state index in [-0.39, 0.29) is 5.91 Å². The van der Waals surface area contributed by atoms with Gasteiger partial charge in [0.2, 0.25) is 0 Å². The lowest BCUT2D eigenvalue weighted by atomic mass is 9.95. The highest BCUT2D eigenvalue weighted by atomic mass is 16.1. The molecule has 0 aliphatic heterocycles. The Morgan fingerprint density at radius 2 is 1.52 bits per heavy atom. The second-order valence-electron chi connectivity index (χ2n) is 8.35. The SMILES string of the molecule is CC(C)c1ccc(-c2ccccc2C(=O)Nc2ccc(NCCc3ccccn3)cc2)cc1. The van der Waals surface area contributed by atoms with Crippen LogP contribution in [0.25, 0.3) is 11.1 Å². The lowest BCUT2D eigenvalue weighted by Gasteiger charge is -2.12. The average Bonchev–Trinajstić information content (AvgIpc) is 2.86. The first-order chi connectivity index (χ1) is 16.1. The van der Waals surface area contributed by atoms with Crippen molar-refractivity contribution in [2.75, 3.05) is 17.2 Å². The Labute approximate surface area is 195 Å². The number of hydrogen-bond donors (Lipinski definition) is 2. The average molecular weight is 436 g/mol. The van der Waals surface area contributed by atoms with Crippen LogP contribution in [0.2, 0.25) is 0 Å². The summed E-state index contributed by atoms with van der Waals surface area (Å²) in [6, 6.07) is 29.9. The molecule has 4 aromatic rings. The molecule has 0 aliphatic carbocycles. The molecule has 0 atom stereocenters. The summed E-state index contributed by atoms with van der Waals surface area (Å²) in [6.45, 7) is 5.15. The van der Waals surface area contributed by atoms with Gasteiger partial charge in [-0.3, -0.25) is 9.78 Å². The monoisotopic (exact) mass is 435 g/mol. The number of amides is 1. The van der Waals surface area contributed by atoms with Crippen molar-refractivity contribution in [2.24, 2.45) is 0 Å². The zero-order valence-electron chi connectivity index (χ0n) is 19.1. The molecule has 0 saturated heterocycles. The van der Waals surface area contributed by atoms with Crippen LogP contribution in [0.15, 0.2) is 97.2 Å². The molecule has 0 bridgehead atoms. The van der Waals surface area contributed by atoms with Crippen molar-refractivity contribution in [1.29, 1.82) is 0 Å². The van der Waals surface area contributed by atoms with Crippen molar-refractivity contribution in [1.82, 2.24) is 4.98 Å². The van der Waals surface area contributed by atoms with Gasteiger partial charge in [0, 0.05) is 41.8 Å². The van der Waals surface area contributed by atoms with Gasteiger partial charge in [0.15, 0.2) is 0 Å². The van der Waals surface area contributed by atoms with Crippen molar-refractivity contribution in [3.8, 4) is 11.1 Å². The highest BCUT2D eigenvalue weighted by Crippen LogP contribution is 2.27. The Balaban J connectivity index is 1.40. The third-order valence-corrected chi connectivity index (χ3v) is 5.64. The maximum atomic E-state index is 13.1. The first-order valence-electron chi connectivity index (χ1n) is 11.3. The summed E-state index contributed by atoms with van der Waals surface area (Å²) in [6.07, 6.45) is 2.67. The minimum atomic E-state index is -0.116. The number of hydrogen-bond acceptors (Lipinski definition) is 3. The van der Waals surface area contributed by atoms with E-state index in [4.69, 9.17) is 0 Å². The fourth-order valence-electron chi connectivity index (χ4n) is 3.73. The van der Waals surface area contributed by atoms with Crippen molar-refractivity contribution < 1.29 is 4.79 Å². The van der Waals surface area contributed by atoms with Gasteiger partial charge in [0.05, 0.1) is 0 Å². The molecule has 1 heterocycles. The van der Waals surface area contributed by atoms with Crippen LogP contribution in [-0.2, 0) is 6.42 Å². The van der Waals surface area contributed by atoms with Gasteiger partial charge in [0.1, 0.15) is 0 Å². The highest BCUT2D eigenvalue weighted by molar-refractivity contribution is 6.08. The molecule has 0 aliphatic rings. The Bertz CT molecular complexity index is 1180. The fraction of sp³-hybridized carbons (Fsp3) is 0.172. The summed E-state index contributed by atoms with van der Waals surface area (Å²) in [5, 5.41) is 6.43. The Morgan fingerprint density at radius 3 is 2.21 bits per heavy atom. The number of anilines is 2. The molecule has 0 fully saturated rings. The molecular formula is C29H29N3O. The number of carbonyl (C=O) groups excluding carboxylic acids is 1. The van der Waals surface area contributed by atoms with Gasteiger partial charge in [-0.05, 0) is 65.1 Å². The molecule has 0 radical (unpaired) electrons. The summed E-state index contributed by atoms with van der Waals surface area (Å²) in [7, 11) is 0. The summed E-state index contributed by atoms with van der Waals surface area (Å²) in [5.41, 5.74) is 6.75. The van der Waals surface area contributed by atoms with Crippen LogP contribution in [0, 0.1) is 0 Å². The summed E-state index contributed by atoms with van der Waals surface area (Å²) in [4.78, 5) is 17.4. The van der Waals surface area contributed by atoms with E-state index in [1.165, 1.54) is 5.56 Å². The van der Waals surface area contributed by atoms with Gasteiger partial charge in [-0.15, -0.1) is 0 Å². The predicted octanol–water partition coefficient (Wildman–Crippen LogP) is 6.78. The summed E-state index contributed by atoms with van der Waals surface area (Å²) < 4.78 is 0. The number of benzene rings is 3. The second-order valence-corrected chi connectivity index (χ2v) is 8.35. The molecule has 4 nitrogen and oxygen atoms in total. The van der Waals surface area contributed by atoms with E-state index in [0.29, 0.717) is 11.5 Å². The van der Waals surface area contributed by atoms with Crippen LogP contribution >= 0.6 is 0 Å². The van der Waals surface area contributed by atoms with E-state index < -0.39 is 0 Å². The third kappa shape index (κ3) is 5.86. The molecule has 0 saturated carbocycles. The molecule has 0 spiro atoms. The molecule has 166 valence electrons. The zero-order chi connectivity index (χ0) is 23.0. The number of aromatic nitrogens is 1. The molecule has 0 unspecified atom stereocenters. The van der Waals surface area contributed by atoms with E-state index in [0.717, 1.165) is 41.2 Å². The molecule has 4 rings (SSSR count). The van der Waals surface area contributed by atoms with Crippen molar-refractivity contribution in [3.63, 3.8) is 0 Å². The van der Waals surface area contributed by atoms with Gasteiger partial charge >= 0.3 is 0 Å². The van der Waals surface area contributed by atoms with Gasteiger partial charge in [0.25, 0.3) is 5.91 Å². The standard InChI is InChI=1S/C29H29N3O/c1-21(2)22-10-12-23(13-11-22)27-8-3-4-9-28(27)29(33)32-26-16-14-25(15-17-26)31-20-18-24-7-5-6-19-30-24/h3-17,19,21,31H,18,20H2,1-2H3,(H,32,33). The van der Waals surface area contributed by atoms with Gasteiger partial charge in [-0.2, -0.15) is 0 Å². The first kappa shape index (κ1) is 22.3. The Kier molecular flexibility index (Phi) is 7.16. The predicted molar refractivity (Wildman–Crippen MR) is 137 cm³/mol. The number of pyridine rings is 1. The molecule has 1 amide bonds. The molecule has 4 heteroatoms. The van der Waals surface area contributed by atoms with Gasteiger partial charge in [-0.25, -0.2) is 0 Å². The van der Waals surface area contributed by atoms with Crippen molar-refractivity contribution in [3.05, 3.63) is 114 Å². The van der Waals surface area contributed by atoms with E-state index in [1.807, 2.05) is 72.9 Å². The molecule has 2 N–H and O–H groups in total. The molecule has 1 aromatic heterocycles. The number of nitrogens with zero attached hydrogens (tertiary/aromatic N) is 1. The first-order valence-corrected chi connectivity index (χ1v) is 11.3. The van der Waals surface area contributed by atoms with E-state index >= 15 is 0 Å². The topological polar surface area (TPSA) is 54.0 Å². The fourth-order valence-corrected chi connectivity index (χ4v) is 3.73. The third-order valence-electron chi connectivity index (χ3n) is 5.64. The molecule has 33 heavy (non-hydrogen) atoms. The summed E-state index contributed by atoms with van der Waals surface area (Å²) >= 11 is 0. The summed E-state index contributed by atoms with van der Waals surface area (Å²) in [5.74, 6) is 0.361. The molecule has 3 aromatic carbocycles. The lowest BCUT2D eigenvalue weighted by Crippen LogP contribution is -2.13. The van der Waals surface area contributed by atoms with Crippen LogP contribution in [0.5, 0.6) is 0 Å². The molecular weight excluding hydrogens is 406 g/mol. The Morgan fingerprint density at radius 1 is 0.818 bits per heavy atom. The zero-order valence-corrected chi connectivity index (χ0v) is 19.1.